The standard InChI is InChI=1S/C18H24FNS/c1-4-7-16(20-12-5-2)18-11-10-17(21-18)14-8-6-9-15(19)13(14)3/h6,8-11,16,20H,4-5,7,12H2,1-3H3. The number of halogens is 1. The molecule has 1 nitrogen and oxygen atoms in total. The lowest BCUT2D eigenvalue weighted by Crippen LogP contribution is -2.21. The molecule has 0 saturated carbocycles. The first-order valence-electron chi connectivity index (χ1n) is 7.76. The van der Waals surface area contributed by atoms with E-state index in [4.69, 9.17) is 0 Å². The maximum absolute atomic E-state index is 13.7. The summed E-state index contributed by atoms with van der Waals surface area (Å²) >= 11 is 1.78. The molecule has 1 aromatic heterocycles. The molecule has 3 heteroatoms. The highest BCUT2D eigenvalue weighted by Crippen LogP contribution is 2.35. The third-order valence-electron chi connectivity index (χ3n) is 3.72. The summed E-state index contributed by atoms with van der Waals surface area (Å²) in [7, 11) is 0. The fraction of sp³-hybridized carbons (Fsp3) is 0.444. The minimum Gasteiger partial charge on any atom is -0.309 e. The predicted molar refractivity (Wildman–Crippen MR) is 90.4 cm³/mol. The van der Waals surface area contributed by atoms with Crippen LogP contribution < -0.4 is 5.32 Å². The molecule has 0 aliphatic heterocycles. The molecule has 1 heterocycles. The molecule has 0 amide bonds. The van der Waals surface area contributed by atoms with Gasteiger partial charge in [-0.05, 0) is 55.6 Å². The van der Waals surface area contributed by atoms with Crippen molar-refractivity contribution in [3.8, 4) is 10.4 Å². The van der Waals surface area contributed by atoms with Gasteiger partial charge in [0.1, 0.15) is 5.82 Å². The zero-order valence-corrected chi connectivity index (χ0v) is 13.9. The van der Waals surface area contributed by atoms with Gasteiger partial charge in [-0.25, -0.2) is 4.39 Å². The number of thiophene rings is 1. The lowest BCUT2D eigenvalue weighted by atomic mass is 10.1. The van der Waals surface area contributed by atoms with Crippen LogP contribution in [0, 0.1) is 12.7 Å². The first-order valence-corrected chi connectivity index (χ1v) is 8.57. The Balaban J connectivity index is 2.25. The van der Waals surface area contributed by atoms with E-state index in [1.165, 1.54) is 10.9 Å². The van der Waals surface area contributed by atoms with Crippen LogP contribution in [-0.4, -0.2) is 6.54 Å². The van der Waals surface area contributed by atoms with E-state index in [1.807, 2.05) is 13.0 Å². The van der Waals surface area contributed by atoms with E-state index in [2.05, 4.69) is 31.3 Å². The third-order valence-corrected chi connectivity index (χ3v) is 4.95. The molecule has 21 heavy (non-hydrogen) atoms. The fourth-order valence-electron chi connectivity index (χ4n) is 2.51. The topological polar surface area (TPSA) is 12.0 Å². The molecule has 2 rings (SSSR count). The highest BCUT2D eigenvalue weighted by atomic mass is 32.1. The Labute approximate surface area is 131 Å². The van der Waals surface area contributed by atoms with E-state index in [0.717, 1.165) is 41.8 Å². The van der Waals surface area contributed by atoms with Crippen molar-refractivity contribution in [3.05, 3.63) is 46.6 Å². The van der Waals surface area contributed by atoms with Crippen LogP contribution in [0.1, 0.15) is 49.6 Å². The summed E-state index contributed by atoms with van der Waals surface area (Å²) in [4.78, 5) is 2.50. The third kappa shape index (κ3) is 3.92. The molecular weight excluding hydrogens is 281 g/mol. The van der Waals surface area contributed by atoms with Crippen molar-refractivity contribution in [1.82, 2.24) is 5.32 Å². The van der Waals surface area contributed by atoms with Crippen LogP contribution in [0.5, 0.6) is 0 Å². The maximum atomic E-state index is 13.7. The van der Waals surface area contributed by atoms with Crippen molar-refractivity contribution in [2.75, 3.05) is 6.54 Å². The van der Waals surface area contributed by atoms with E-state index >= 15 is 0 Å². The van der Waals surface area contributed by atoms with Crippen LogP contribution in [0.3, 0.4) is 0 Å². The Kier molecular flexibility index (Phi) is 5.95. The monoisotopic (exact) mass is 305 g/mol. The van der Waals surface area contributed by atoms with Crippen LogP contribution in [0.15, 0.2) is 30.3 Å². The quantitative estimate of drug-likeness (QED) is 0.691. The average Bonchev–Trinajstić information content (AvgIpc) is 2.96. The minimum absolute atomic E-state index is 0.128. The molecule has 0 aliphatic carbocycles. The molecule has 1 aromatic carbocycles. The van der Waals surface area contributed by atoms with Gasteiger partial charge in [0.05, 0.1) is 0 Å². The Morgan fingerprint density at radius 1 is 1.14 bits per heavy atom. The highest BCUT2D eigenvalue weighted by Gasteiger charge is 2.14. The normalized spacial score (nSPS) is 12.6. The smallest absolute Gasteiger partial charge is 0.126 e. The first kappa shape index (κ1) is 16.2. The second-order valence-electron chi connectivity index (χ2n) is 5.41. The minimum atomic E-state index is -0.128. The van der Waals surface area contributed by atoms with Gasteiger partial charge in [-0.15, -0.1) is 11.3 Å². The summed E-state index contributed by atoms with van der Waals surface area (Å²) in [6.07, 6.45) is 3.44. The Bertz CT molecular complexity index is 576. The number of rotatable bonds is 7. The molecule has 0 radical (unpaired) electrons. The predicted octanol–water partition coefficient (Wildman–Crippen LogP) is 5.70. The molecule has 0 saturated heterocycles. The first-order chi connectivity index (χ1) is 10.2. The number of benzene rings is 1. The van der Waals surface area contributed by atoms with E-state index in [1.54, 1.807) is 17.4 Å². The van der Waals surface area contributed by atoms with Crippen molar-refractivity contribution in [3.63, 3.8) is 0 Å². The molecule has 114 valence electrons. The van der Waals surface area contributed by atoms with E-state index in [-0.39, 0.29) is 5.82 Å². The van der Waals surface area contributed by atoms with Gasteiger partial charge in [-0.1, -0.05) is 32.4 Å². The van der Waals surface area contributed by atoms with Crippen LogP contribution in [-0.2, 0) is 0 Å². The van der Waals surface area contributed by atoms with Gasteiger partial charge in [0.2, 0.25) is 0 Å². The van der Waals surface area contributed by atoms with Crippen LogP contribution in [0.25, 0.3) is 10.4 Å². The van der Waals surface area contributed by atoms with E-state index in [9.17, 15) is 4.39 Å². The second kappa shape index (κ2) is 7.71. The van der Waals surface area contributed by atoms with Gasteiger partial charge >= 0.3 is 0 Å². The lowest BCUT2D eigenvalue weighted by Gasteiger charge is -2.16. The average molecular weight is 305 g/mol. The van der Waals surface area contributed by atoms with Gasteiger partial charge < -0.3 is 5.32 Å². The molecule has 1 unspecified atom stereocenters. The zero-order valence-electron chi connectivity index (χ0n) is 13.1. The molecule has 0 fully saturated rings. The van der Waals surface area contributed by atoms with Gasteiger partial charge in [-0.2, -0.15) is 0 Å². The lowest BCUT2D eigenvalue weighted by molar-refractivity contribution is 0.501. The fourth-order valence-corrected chi connectivity index (χ4v) is 3.71. The maximum Gasteiger partial charge on any atom is 0.126 e. The SMILES string of the molecule is CCCNC(CCC)c1ccc(-c2cccc(F)c2C)s1. The Morgan fingerprint density at radius 2 is 1.95 bits per heavy atom. The van der Waals surface area contributed by atoms with Crippen LogP contribution >= 0.6 is 11.3 Å². The number of hydrogen-bond donors (Lipinski definition) is 1. The number of nitrogens with one attached hydrogen (secondary N) is 1. The molecule has 0 spiro atoms. The largest absolute Gasteiger partial charge is 0.309 e. The van der Waals surface area contributed by atoms with Gasteiger partial charge in [0.15, 0.2) is 0 Å². The second-order valence-corrected chi connectivity index (χ2v) is 6.53. The van der Waals surface area contributed by atoms with Gasteiger partial charge in [0.25, 0.3) is 0 Å². The molecular formula is C18H24FNS. The van der Waals surface area contributed by atoms with E-state index in [0.29, 0.717) is 6.04 Å². The number of hydrogen-bond acceptors (Lipinski definition) is 2. The van der Waals surface area contributed by atoms with Crippen molar-refractivity contribution in [1.29, 1.82) is 0 Å². The van der Waals surface area contributed by atoms with Gasteiger partial charge in [-0.3, -0.25) is 0 Å². The molecule has 0 bridgehead atoms. The van der Waals surface area contributed by atoms with Crippen molar-refractivity contribution in [2.45, 2.75) is 46.1 Å². The molecule has 2 aromatic rings. The van der Waals surface area contributed by atoms with Crippen molar-refractivity contribution in [2.24, 2.45) is 0 Å². The van der Waals surface area contributed by atoms with Crippen molar-refractivity contribution < 1.29 is 4.39 Å². The summed E-state index contributed by atoms with van der Waals surface area (Å²) in [5, 5.41) is 3.61. The summed E-state index contributed by atoms with van der Waals surface area (Å²) < 4.78 is 13.7. The van der Waals surface area contributed by atoms with Crippen LogP contribution in [0.4, 0.5) is 4.39 Å². The summed E-state index contributed by atoms with van der Waals surface area (Å²) in [6.45, 7) is 7.29. The summed E-state index contributed by atoms with van der Waals surface area (Å²) in [5.74, 6) is -0.128. The Morgan fingerprint density at radius 3 is 2.67 bits per heavy atom. The summed E-state index contributed by atoms with van der Waals surface area (Å²) in [6, 6.07) is 10.0. The van der Waals surface area contributed by atoms with Gasteiger partial charge in [0, 0.05) is 15.8 Å². The molecule has 1 N–H and O–H groups in total. The Hall–Kier alpha value is -1.19. The van der Waals surface area contributed by atoms with E-state index < -0.39 is 0 Å². The highest BCUT2D eigenvalue weighted by molar-refractivity contribution is 7.15. The summed E-state index contributed by atoms with van der Waals surface area (Å²) in [5.41, 5.74) is 1.75. The molecule has 0 aliphatic rings. The van der Waals surface area contributed by atoms with Crippen LogP contribution in [0.2, 0.25) is 0 Å². The molecule has 1 atom stereocenters. The van der Waals surface area contributed by atoms with Crippen molar-refractivity contribution >= 4 is 11.3 Å². The zero-order chi connectivity index (χ0) is 15.2.